The Hall–Kier alpha value is -0.940. The molecule has 1 fully saturated rings. The third-order valence-electron chi connectivity index (χ3n) is 4.22. The SMILES string of the molecule is Cc1nc(CN(C)CC2(C(=O)O)CCCC(C)C2)cs1. The summed E-state index contributed by atoms with van der Waals surface area (Å²) >= 11 is 1.64. The molecule has 112 valence electrons. The molecule has 0 bridgehead atoms. The molecule has 0 saturated heterocycles. The van der Waals surface area contributed by atoms with E-state index in [0.717, 1.165) is 42.9 Å². The van der Waals surface area contributed by atoms with Crippen LogP contribution in [0.2, 0.25) is 0 Å². The van der Waals surface area contributed by atoms with Crippen molar-refractivity contribution in [2.75, 3.05) is 13.6 Å². The van der Waals surface area contributed by atoms with Gasteiger partial charge < -0.3 is 5.11 Å². The molecular weight excluding hydrogens is 272 g/mol. The van der Waals surface area contributed by atoms with E-state index in [2.05, 4.69) is 22.2 Å². The number of carboxylic acids is 1. The summed E-state index contributed by atoms with van der Waals surface area (Å²) < 4.78 is 0. The summed E-state index contributed by atoms with van der Waals surface area (Å²) in [5, 5.41) is 12.8. The highest BCUT2D eigenvalue weighted by molar-refractivity contribution is 7.09. The van der Waals surface area contributed by atoms with E-state index in [4.69, 9.17) is 0 Å². The zero-order chi connectivity index (χ0) is 14.8. The Morgan fingerprint density at radius 3 is 2.95 bits per heavy atom. The maximum Gasteiger partial charge on any atom is 0.310 e. The summed E-state index contributed by atoms with van der Waals surface area (Å²) in [7, 11) is 2.00. The number of hydrogen-bond donors (Lipinski definition) is 1. The Balaban J connectivity index is 2.02. The van der Waals surface area contributed by atoms with Gasteiger partial charge in [0.05, 0.1) is 16.1 Å². The van der Waals surface area contributed by atoms with Crippen molar-refractivity contribution in [3.63, 3.8) is 0 Å². The summed E-state index contributed by atoms with van der Waals surface area (Å²) in [4.78, 5) is 18.3. The van der Waals surface area contributed by atoms with Gasteiger partial charge in [-0.1, -0.05) is 19.8 Å². The topological polar surface area (TPSA) is 53.4 Å². The molecule has 2 unspecified atom stereocenters. The van der Waals surface area contributed by atoms with Crippen molar-refractivity contribution in [3.05, 3.63) is 16.1 Å². The van der Waals surface area contributed by atoms with Gasteiger partial charge in [-0.25, -0.2) is 4.98 Å². The molecule has 0 spiro atoms. The lowest BCUT2D eigenvalue weighted by Gasteiger charge is -2.39. The van der Waals surface area contributed by atoms with E-state index in [9.17, 15) is 9.90 Å². The lowest BCUT2D eigenvalue weighted by Crippen LogP contribution is -2.44. The second-order valence-corrected chi connectivity index (χ2v) is 7.38. The van der Waals surface area contributed by atoms with Crippen LogP contribution in [0.25, 0.3) is 0 Å². The molecule has 1 N–H and O–H groups in total. The van der Waals surface area contributed by atoms with Crippen molar-refractivity contribution < 1.29 is 9.90 Å². The lowest BCUT2D eigenvalue weighted by molar-refractivity contribution is -0.153. The molecule has 1 aliphatic carbocycles. The highest BCUT2D eigenvalue weighted by atomic mass is 32.1. The lowest BCUT2D eigenvalue weighted by atomic mass is 9.70. The van der Waals surface area contributed by atoms with Crippen LogP contribution >= 0.6 is 11.3 Å². The number of aryl methyl sites for hydroxylation is 1. The monoisotopic (exact) mass is 296 g/mol. The van der Waals surface area contributed by atoms with Crippen LogP contribution in [-0.2, 0) is 11.3 Å². The van der Waals surface area contributed by atoms with Gasteiger partial charge in [0.15, 0.2) is 0 Å². The Morgan fingerprint density at radius 2 is 2.40 bits per heavy atom. The van der Waals surface area contributed by atoms with Crippen molar-refractivity contribution >= 4 is 17.3 Å². The van der Waals surface area contributed by atoms with Gasteiger partial charge in [-0.3, -0.25) is 9.69 Å². The van der Waals surface area contributed by atoms with E-state index in [1.54, 1.807) is 11.3 Å². The Kier molecular flexibility index (Phi) is 4.81. The number of carboxylic acid groups (broad SMARTS) is 1. The van der Waals surface area contributed by atoms with Crippen molar-refractivity contribution in [2.24, 2.45) is 11.3 Å². The van der Waals surface area contributed by atoms with E-state index in [1.165, 1.54) is 0 Å². The first-order valence-electron chi connectivity index (χ1n) is 7.24. The molecule has 4 nitrogen and oxygen atoms in total. The van der Waals surface area contributed by atoms with Crippen LogP contribution in [0.4, 0.5) is 0 Å². The van der Waals surface area contributed by atoms with Crippen molar-refractivity contribution in [1.82, 2.24) is 9.88 Å². The van der Waals surface area contributed by atoms with Crippen LogP contribution in [0.15, 0.2) is 5.38 Å². The zero-order valence-corrected chi connectivity index (χ0v) is 13.4. The average molecular weight is 296 g/mol. The standard InChI is InChI=1S/C15H24N2O2S/c1-11-5-4-6-15(7-11,14(18)19)10-17(3)8-13-9-20-12(2)16-13/h9,11H,4-8,10H2,1-3H3,(H,18,19). The summed E-state index contributed by atoms with van der Waals surface area (Å²) in [6.45, 7) is 5.51. The predicted octanol–water partition coefficient (Wildman–Crippen LogP) is 3.16. The van der Waals surface area contributed by atoms with Gasteiger partial charge in [-0.15, -0.1) is 11.3 Å². The molecule has 1 aromatic rings. The van der Waals surface area contributed by atoms with Gasteiger partial charge in [0.1, 0.15) is 0 Å². The number of aromatic nitrogens is 1. The molecule has 1 aliphatic rings. The average Bonchev–Trinajstić information content (AvgIpc) is 2.74. The van der Waals surface area contributed by atoms with Crippen LogP contribution in [0, 0.1) is 18.3 Å². The predicted molar refractivity (Wildman–Crippen MR) is 80.9 cm³/mol. The first kappa shape index (κ1) is 15.4. The number of carbonyl (C=O) groups is 1. The quantitative estimate of drug-likeness (QED) is 0.907. The fourth-order valence-corrected chi connectivity index (χ4v) is 4.00. The number of hydrogen-bond acceptors (Lipinski definition) is 4. The Morgan fingerprint density at radius 1 is 1.65 bits per heavy atom. The third-order valence-corrected chi connectivity index (χ3v) is 5.04. The summed E-state index contributed by atoms with van der Waals surface area (Å²) in [5.41, 5.74) is 0.469. The molecule has 2 rings (SSSR count). The molecule has 5 heteroatoms. The van der Waals surface area contributed by atoms with Crippen molar-refractivity contribution in [3.8, 4) is 0 Å². The number of thiazole rings is 1. The number of nitrogens with zero attached hydrogens (tertiary/aromatic N) is 2. The second kappa shape index (κ2) is 6.22. The largest absolute Gasteiger partial charge is 0.481 e. The van der Waals surface area contributed by atoms with Gasteiger partial charge in [-0.05, 0) is 32.7 Å². The third kappa shape index (κ3) is 3.58. The van der Waals surface area contributed by atoms with E-state index >= 15 is 0 Å². The number of rotatable bonds is 5. The van der Waals surface area contributed by atoms with Crippen molar-refractivity contribution in [1.29, 1.82) is 0 Å². The fourth-order valence-electron chi connectivity index (χ4n) is 3.40. The highest BCUT2D eigenvalue weighted by Gasteiger charge is 2.42. The first-order valence-corrected chi connectivity index (χ1v) is 8.12. The second-order valence-electron chi connectivity index (χ2n) is 6.32. The molecule has 1 saturated carbocycles. The van der Waals surface area contributed by atoms with Gasteiger partial charge in [0, 0.05) is 18.5 Å². The van der Waals surface area contributed by atoms with E-state index < -0.39 is 11.4 Å². The molecule has 0 radical (unpaired) electrons. The molecule has 0 amide bonds. The van der Waals surface area contributed by atoms with E-state index in [-0.39, 0.29) is 0 Å². The highest BCUT2D eigenvalue weighted by Crippen LogP contribution is 2.40. The van der Waals surface area contributed by atoms with Crippen LogP contribution < -0.4 is 0 Å². The molecule has 1 aromatic heterocycles. The van der Waals surface area contributed by atoms with Gasteiger partial charge in [-0.2, -0.15) is 0 Å². The van der Waals surface area contributed by atoms with E-state index in [1.807, 2.05) is 14.0 Å². The molecule has 0 aliphatic heterocycles. The van der Waals surface area contributed by atoms with Gasteiger partial charge >= 0.3 is 5.97 Å². The molecule has 1 heterocycles. The normalized spacial score (nSPS) is 26.9. The molecule has 2 atom stereocenters. The van der Waals surface area contributed by atoms with E-state index in [0.29, 0.717) is 12.5 Å². The summed E-state index contributed by atoms with van der Waals surface area (Å²) in [6.07, 6.45) is 3.77. The van der Waals surface area contributed by atoms with Crippen molar-refractivity contribution in [2.45, 2.75) is 46.1 Å². The smallest absolute Gasteiger partial charge is 0.310 e. The van der Waals surface area contributed by atoms with Gasteiger partial charge in [0.2, 0.25) is 0 Å². The minimum atomic E-state index is -0.634. The summed E-state index contributed by atoms with van der Waals surface area (Å²) in [5.74, 6) is -0.125. The minimum absolute atomic E-state index is 0.509. The first-order chi connectivity index (χ1) is 9.41. The van der Waals surface area contributed by atoms with Crippen LogP contribution in [0.3, 0.4) is 0 Å². The number of aliphatic carboxylic acids is 1. The summed E-state index contributed by atoms with van der Waals surface area (Å²) in [6, 6.07) is 0. The minimum Gasteiger partial charge on any atom is -0.481 e. The maximum absolute atomic E-state index is 11.8. The van der Waals surface area contributed by atoms with Crippen LogP contribution in [0.1, 0.15) is 43.3 Å². The van der Waals surface area contributed by atoms with Crippen LogP contribution in [0.5, 0.6) is 0 Å². The van der Waals surface area contributed by atoms with Gasteiger partial charge in [0.25, 0.3) is 0 Å². The maximum atomic E-state index is 11.8. The Bertz CT molecular complexity index is 474. The fraction of sp³-hybridized carbons (Fsp3) is 0.733. The molecule has 20 heavy (non-hydrogen) atoms. The zero-order valence-electron chi connectivity index (χ0n) is 12.6. The Labute approximate surface area is 124 Å². The molecular formula is C15H24N2O2S. The van der Waals surface area contributed by atoms with Crippen LogP contribution in [-0.4, -0.2) is 34.6 Å². The molecule has 0 aromatic carbocycles.